The van der Waals surface area contributed by atoms with Crippen molar-refractivity contribution in [3.8, 4) is 17.4 Å². The maximum Gasteiger partial charge on any atom is 0.227 e. The summed E-state index contributed by atoms with van der Waals surface area (Å²) in [5, 5.41) is 0. The molecule has 0 radical (unpaired) electrons. The number of hydrogen-bond donors (Lipinski definition) is 2. The summed E-state index contributed by atoms with van der Waals surface area (Å²) in [6.45, 7) is 3.61. The Hall–Kier alpha value is -1.86. The van der Waals surface area contributed by atoms with Crippen LogP contribution in [0.3, 0.4) is 0 Å². The zero-order chi connectivity index (χ0) is 14.7. The van der Waals surface area contributed by atoms with Gasteiger partial charge in [0.25, 0.3) is 0 Å². The quantitative estimate of drug-likeness (QED) is 0.658. The average Bonchev–Trinajstić information content (AvgIpc) is 2.44. The van der Waals surface area contributed by atoms with Crippen LogP contribution < -0.4 is 20.7 Å². The molecule has 0 amide bonds. The zero-order valence-electron chi connectivity index (χ0n) is 11.4. The molecular weight excluding hydrogens is 324 g/mol. The fraction of sp³-hybridized carbons (Fsp3) is 0.231. The van der Waals surface area contributed by atoms with Crippen molar-refractivity contribution in [1.82, 2.24) is 9.97 Å². The first-order valence-corrected chi connectivity index (χ1v) is 6.67. The maximum absolute atomic E-state index is 5.81. The largest absolute Gasteiger partial charge is 0.497 e. The number of aryl methyl sites for hydroxylation is 1. The molecule has 3 N–H and O–H groups in total. The van der Waals surface area contributed by atoms with Gasteiger partial charge in [0.15, 0.2) is 0 Å². The molecule has 0 atom stereocenters. The minimum atomic E-state index is 0.455. The molecule has 0 fully saturated rings. The average molecular weight is 339 g/mol. The number of nitrogen functional groups attached to an aromatic ring is 1. The lowest BCUT2D eigenvalue weighted by Crippen LogP contribution is -2.12. The number of benzene rings is 1. The van der Waals surface area contributed by atoms with Gasteiger partial charge in [-0.1, -0.05) is 0 Å². The molecule has 2 rings (SSSR count). The highest BCUT2D eigenvalue weighted by atomic mass is 79.9. The van der Waals surface area contributed by atoms with Crippen LogP contribution in [0.1, 0.15) is 11.4 Å². The lowest BCUT2D eigenvalue weighted by molar-refractivity contribution is 0.411. The standard InChI is InChI=1S/C13H15BrN4O2/c1-7-12(18-15)16-8(2)17-13(7)20-11-5-4-9(19-3)6-10(11)14/h4-6H,15H2,1-3H3,(H,16,17,18). The van der Waals surface area contributed by atoms with Crippen LogP contribution in [-0.4, -0.2) is 17.1 Å². The van der Waals surface area contributed by atoms with Crippen LogP contribution >= 0.6 is 15.9 Å². The van der Waals surface area contributed by atoms with Crippen LogP contribution in [0.5, 0.6) is 17.4 Å². The molecule has 0 unspecified atom stereocenters. The number of nitrogens with zero attached hydrogens (tertiary/aromatic N) is 2. The number of methoxy groups -OCH3 is 1. The van der Waals surface area contributed by atoms with Crippen molar-refractivity contribution in [2.24, 2.45) is 5.84 Å². The van der Waals surface area contributed by atoms with Gasteiger partial charge in [-0.25, -0.2) is 10.8 Å². The van der Waals surface area contributed by atoms with Crippen LogP contribution in [0.15, 0.2) is 22.7 Å². The molecule has 1 aromatic carbocycles. The monoisotopic (exact) mass is 338 g/mol. The van der Waals surface area contributed by atoms with Crippen molar-refractivity contribution >= 4 is 21.7 Å². The van der Waals surface area contributed by atoms with Crippen LogP contribution in [0.2, 0.25) is 0 Å². The first kappa shape index (κ1) is 14.5. The predicted octanol–water partition coefficient (Wildman–Crippen LogP) is 2.94. The third-order valence-electron chi connectivity index (χ3n) is 2.70. The van der Waals surface area contributed by atoms with Gasteiger partial charge in [0.1, 0.15) is 23.1 Å². The summed E-state index contributed by atoms with van der Waals surface area (Å²) in [7, 11) is 1.61. The number of nitrogens with two attached hydrogens (primary N) is 1. The fourth-order valence-corrected chi connectivity index (χ4v) is 2.08. The van der Waals surface area contributed by atoms with Crippen molar-refractivity contribution in [3.63, 3.8) is 0 Å². The van der Waals surface area contributed by atoms with Crippen LogP contribution in [0.4, 0.5) is 5.82 Å². The summed E-state index contributed by atoms with van der Waals surface area (Å²) in [5.74, 6) is 8.37. The molecule has 0 saturated carbocycles. The molecule has 6 nitrogen and oxygen atoms in total. The summed E-state index contributed by atoms with van der Waals surface area (Å²) >= 11 is 3.44. The third kappa shape index (κ3) is 3.00. The minimum absolute atomic E-state index is 0.455. The topological polar surface area (TPSA) is 82.3 Å². The predicted molar refractivity (Wildman–Crippen MR) is 80.1 cm³/mol. The molecule has 0 saturated heterocycles. The van der Waals surface area contributed by atoms with Crippen molar-refractivity contribution in [1.29, 1.82) is 0 Å². The molecule has 20 heavy (non-hydrogen) atoms. The lowest BCUT2D eigenvalue weighted by Gasteiger charge is -2.13. The van der Waals surface area contributed by atoms with Crippen molar-refractivity contribution in [2.75, 3.05) is 12.5 Å². The second kappa shape index (κ2) is 6.06. The van der Waals surface area contributed by atoms with E-state index in [0.29, 0.717) is 23.3 Å². The van der Waals surface area contributed by atoms with E-state index in [0.717, 1.165) is 15.8 Å². The minimum Gasteiger partial charge on any atom is -0.497 e. The smallest absolute Gasteiger partial charge is 0.227 e. The second-order valence-corrected chi connectivity index (χ2v) is 4.95. The van der Waals surface area contributed by atoms with E-state index >= 15 is 0 Å². The number of nitrogens with one attached hydrogen (secondary N) is 1. The Balaban J connectivity index is 2.37. The van der Waals surface area contributed by atoms with E-state index < -0.39 is 0 Å². The molecule has 1 heterocycles. The Kier molecular flexibility index (Phi) is 4.41. The number of hydrogen-bond acceptors (Lipinski definition) is 6. The van der Waals surface area contributed by atoms with E-state index in [2.05, 4.69) is 31.3 Å². The van der Waals surface area contributed by atoms with Crippen molar-refractivity contribution in [3.05, 3.63) is 34.1 Å². The number of hydrazine groups is 1. The molecule has 0 bridgehead atoms. The van der Waals surface area contributed by atoms with Gasteiger partial charge in [-0.3, -0.25) is 0 Å². The second-order valence-electron chi connectivity index (χ2n) is 4.09. The van der Waals surface area contributed by atoms with E-state index in [4.69, 9.17) is 15.3 Å². The van der Waals surface area contributed by atoms with Gasteiger partial charge in [-0.2, -0.15) is 4.98 Å². The SMILES string of the molecule is COc1ccc(Oc2nc(C)nc(NN)c2C)c(Br)c1. The van der Waals surface area contributed by atoms with Crippen molar-refractivity contribution in [2.45, 2.75) is 13.8 Å². The van der Waals surface area contributed by atoms with E-state index in [9.17, 15) is 0 Å². The maximum atomic E-state index is 5.81. The van der Waals surface area contributed by atoms with Crippen LogP contribution in [0, 0.1) is 13.8 Å². The number of halogens is 1. The molecule has 1 aromatic heterocycles. The van der Waals surface area contributed by atoms with Crippen LogP contribution in [-0.2, 0) is 0 Å². The Morgan fingerprint density at radius 3 is 2.60 bits per heavy atom. The van der Waals surface area contributed by atoms with E-state index in [-0.39, 0.29) is 0 Å². The first-order valence-electron chi connectivity index (χ1n) is 5.88. The highest BCUT2D eigenvalue weighted by molar-refractivity contribution is 9.10. The lowest BCUT2D eigenvalue weighted by atomic mass is 10.3. The molecule has 7 heteroatoms. The molecular formula is C13H15BrN4O2. The number of rotatable bonds is 4. The highest BCUT2D eigenvalue weighted by Gasteiger charge is 2.12. The molecule has 0 aliphatic heterocycles. The Bertz CT molecular complexity index is 634. The summed E-state index contributed by atoms with van der Waals surface area (Å²) in [6, 6.07) is 5.43. The zero-order valence-corrected chi connectivity index (χ0v) is 13.0. The van der Waals surface area contributed by atoms with Gasteiger partial charge in [0, 0.05) is 0 Å². The number of anilines is 1. The highest BCUT2D eigenvalue weighted by Crippen LogP contribution is 2.34. The van der Waals surface area contributed by atoms with Gasteiger partial charge in [0.05, 0.1) is 17.1 Å². The normalized spacial score (nSPS) is 10.2. The first-order chi connectivity index (χ1) is 9.55. The third-order valence-corrected chi connectivity index (χ3v) is 3.32. The van der Waals surface area contributed by atoms with E-state index in [1.54, 1.807) is 20.1 Å². The summed E-state index contributed by atoms with van der Waals surface area (Å²) in [6.07, 6.45) is 0. The van der Waals surface area contributed by atoms with Gasteiger partial charge in [-0.15, -0.1) is 0 Å². The van der Waals surface area contributed by atoms with Gasteiger partial charge < -0.3 is 14.9 Å². The molecule has 106 valence electrons. The van der Waals surface area contributed by atoms with E-state index in [1.807, 2.05) is 19.1 Å². The number of ether oxygens (including phenoxy) is 2. The molecule has 0 aliphatic carbocycles. The Morgan fingerprint density at radius 1 is 1.25 bits per heavy atom. The summed E-state index contributed by atoms with van der Waals surface area (Å²) < 4.78 is 11.7. The summed E-state index contributed by atoms with van der Waals surface area (Å²) in [4.78, 5) is 8.46. The van der Waals surface area contributed by atoms with Crippen LogP contribution in [0.25, 0.3) is 0 Å². The molecule has 0 aliphatic rings. The molecule has 2 aromatic rings. The molecule has 0 spiro atoms. The van der Waals surface area contributed by atoms with Gasteiger partial charge in [-0.05, 0) is 48.0 Å². The van der Waals surface area contributed by atoms with Crippen molar-refractivity contribution < 1.29 is 9.47 Å². The Morgan fingerprint density at radius 2 is 2.00 bits per heavy atom. The van der Waals surface area contributed by atoms with Gasteiger partial charge in [0.2, 0.25) is 5.88 Å². The van der Waals surface area contributed by atoms with Gasteiger partial charge >= 0.3 is 0 Å². The Labute approximate surface area is 125 Å². The fourth-order valence-electron chi connectivity index (χ4n) is 1.64. The number of aromatic nitrogens is 2. The summed E-state index contributed by atoms with van der Waals surface area (Å²) in [5.41, 5.74) is 3.27. The van der Waals surface area contributed by atoms with E-state index in [1.165, 1.54) is 0 Å².